The van der Waals surface area contributed by atoms with Gasteiger partial charge in [0.2, 0.25) is 0 Å². The Balaban J connectivity index is 1.68. The summed E-state index contributed by atoms with van der Waals surface area (Å²) < 4.78 is 5.45. The third kappa shape index (κ3) is 2.29. The minimum Gasteiger partial charge on any atom is -0.454 e. The first-order valence-electron chi connectivity index (χ1n) is 9.71. The summed E-state index contributed by atoms with van der Waals surface area (Å²) in [5.74, 6) is 1.56. The van der Waals surface area contributed by atoms with E-state index in [2.05, 4.69) is 19.9 Å². The molecule has 0 radical (unpaired) electrons. The van der Waals surface area contributed by atoms with Crippen molar-refractivity contribution in [1.82, 2.24) is 0 Å². The maximum atomic E-state index is 12.5. The average Bonchev–Trinajstić information content (AvgIpc) is 2.86. The van der Waals surface area contributed by atoms with E-state index < -0.39 is 6.10 Å². The summed E-state index contributed by atoms with van der Waals surface area (Å²) in [6.07, 6.45) is 8.77. The predicted octanol–water partition coefficient (Wildman–Crippen LogP) is 3.48. The Labute approximate surface area is 149 Å². The summed E-state index contributed by atoms with van der Waals surface area (Å²) in [5.41, 5.74) is -0.252. The van der Waals surface area contributed by atoms with Gasteiger partial charge in [0.25, 0.3) is 0 Å². The molecule has 4 aliphatic carbocycles. The Morgan fingerprint density at radius 1 is 1.08 bits per heavy atom. The first-order valence-corrected chi connectivity index (χ1v) is 9.71. The van der Waals surface area contributed by atoms with E-state index in [9.17, 15) is 14.4 Å². The summed E-state index contributed by atoms with van der Waals surface area (Å²) in [6, 6.07) is 0. The summed E-state index contributed by atoms with van der Waals surface area (Å²) in [4.78, 5) is 36.3. The number of ketones is 2. The van der Waals surface area contributed by atoms with Gasteiger partial charge in [0.15, 0.2) is 11.9 Å². The molecule has 0 saturated heterocycles. The van der Waals surface area contributed by atoms with E-state index in [1.807, 2.05) is 0 Å². The molecular weight excluding hydrogens is 316 g/mol. The van der Waals surface area contributed by atoms with Crippen molar-refractivity contribution in [3.63, 3.8) is 0 Å². The second kappa shape index (κ2) is 5.52. The average molecular weight is 344 g/mol. The Bertz CT molecular complexity index is 665. The van der Waals surface area contributed by atoms with Crippen LogP contribution in [0.5, 0.6) is 0 Å². The Hall–Kier alpha value is -1.45. The molecule has 25 heavy (non-hydrogen) atoms. The number of Topliss-reactive ketones (excluding diaryl/α,β-unsaturated/α-hetero) is 1. The molecule has 0 aromatic carbocycles. The van der Waals surface area contributed by atoms with E-state index in [0.29, 0.717) is 23.5 Å². The van der Waals surface area contributed by atoms with E-state index in [1.54, 1.807) is 6.08 Å². The number of hydrogen-bond acceptors (Lipinski definition) is 4. The monoisotopic (exact) mass is 344 g/mol. The molecule has 4 nitrogen and oxygen atoms in total. The lowest BCUT2D eigenvalue weighted by Gasteiger charge is -2.58. The third-order valence-electron chi connectivity index (χ3n) is 8.10. The number of carbonyl (C=O) groups excluding carboxylic acids is 3. The van der Waals surface area contributed by atoms with E-state index in [4.69, 9.17) is 4.74 Å². The highest BCUT2D eigenvalue weighted by Gasteiger charge is 2.61. The van der Waals surface area contributed by atoms with Gasteiger partial charge in [-0.3, -0.25) is 14.4 Å². The first kappa shape index (κ1) is 17.0. The molecule has 0 spiro atoms. The highest BCUT2D eigenvalue weighted by atomic mass is 16.5. The van der Waals surface area contributed by atoms with Gasteiger partial charge in [-0.05, 0) is 61.3 Å². The lowest BCUT2D eigenvalue weighted by Crippen LogP contribution is -2.56. The summed E-state index contributed by atoms with van der Waals surface area (Å²) in [5, 5.41) is 0. The highest BCUT2D eigenvalue weighted by Crippen LogP contribution is 2.64. The van der Waals surface area contributed by atoms with Crippen LogP contribution < -0.4 is 0 Å². The van der Waals surface area contributed by atoms with Crippen LogP contribution in [0, 0.1) is 34.5 Å². The van der Waals surface area contributed by atoms with Crippen molar-refractivity contribution < 1.29 is 19.1 Å². The SMILES string of the molecule is CC(=O)OC1C(=O)C=C[C@@]2(C)C1CC[C@@H]1[C@@H]2CC[C@]2(C)C(=O)CC[C@@H]12. The predicted molar refractivity (Wildman–Crippen MR) is 92.6 cm³/mol. The van der Waals surface area contributed by atoms with Crippen LogP contribution in [0.4, 0.5) is 0 Å². The molecule has 0 bridgehead atoms. The number of ether oxygens (including phenoxy) is 1. The van der Waals surface area contributed by atoms with Crippen molar-refractivity contribution in [2.24, 2.45) is 34.5 Å². The number of carbonyl (C=O) groups is 3. The van der Waals surface area contributed by atoms with Gasteiger partial charge in [0.1, 0.15) is 5.78 Å². The van der Waals surface area contributed by atoms with Gasteiger partial charge in [0, 0.05) is 24.7 Å². The molecule has 4 rings (SSSR count). The van der Waals surface area contributed by atoms with Gasteiger partial charge >= 0.3 is 5.97 Å². The van der Waals surface area contributed by atoms with Crippen molar-refractivity contribution in [2.45, 2.75) is 65.4 Å². The van der Waals surface area contributed by atoms with Crippen LogP contribution in [-0.4, -0.2) is 23.6 Å². The third-order valence-corrected chi connectivity index (χ3v) is 8.10. The van der Waals surface area contributed by atoms with Gasteiger partial charge in [-0.15, -0.1) is 0 Å². The van der Waals surface area contributed by atoms with Crippen molar-refractivity contribution in [3.8, 4) is 0 Å². The molecule has 0 amide bonds. The molecule has 3 fully saturated rings. The van der Waals surface area contributed by atoms with Crippen LogP contribution in [0.15, 0.2) is 12.2 Å². The van der Waals surface area contributed by atoms with Gasteiger partial charge in [0.05, 0.1) is 0 Å². The lowest BCUT2D eigenvalue weighted by atomic mass is 9.46. The molecule has 0 aromatic heterocycles. The highest BCUT2D eigenvalue weighted by molar-refractivity contribution is 5.96. The van der Waals surface area contributed by atoms with Gasteiger partial charge in [-0.25, -0.2) is 0 Å². The normalized spacial score (nSPS) is 48.5. The molecule has 7 atom stereocenters. The summed E-state index contributed by atoms with van der Waals surface area (Å²) >= 11 is 0. The molecule has 0 heterocycles. The molecule has 4 aliphatic rings. The van der Waals surface area contributed by atoms with E-state index in [0.717, 1.165) is 38.5 Å². The molecule has 2 unspecified atom stereocenters. The zero-order chi connectivity index (χ0) is 18.0. The minimum atomic E-state index is -0.632. The fourth-order valence-electron chi connectivity index (χ4n) is 6.79. The van der Waals surface area contributed by atoms with Crippen molar-refractivity contribution >= 4 is 17.5 Å². The molecule has 4 heteroatoms. The zero-order valence-corrected chi connectivity index (χ0v) is 15.4. The van der Waals surface area contributed by atoms with Crippen LogP contribution in [0.2, 0.25) is 0 Å². The maximum Gasteiger partial charge on any atom is 0.303 e. The van der Waals surface area contributed by atoms with Crippen molar-refractivity contribution in [3.05, 3.63) is 12.2 Å². The standard InChI is InChI=1S/C21H28O4/c1-12(22)25-19-16-5-4-13-14-6-7-18(24)21(14,3)10-8-15(13)20(16,2)11-9-17(19)23/h9,11,13-16,19H,4-8,10H2,1-3H3/t13-,14-,15-,16?,19?,20+,21-/m0/s1. The maximum absolute atomic E-state index is 12.5. The fraction of sp³-hybridized carbons (Fsp3) is 0.762. The fourth-order valence-corrected chi connectivity index (χ4v) is 6.79. The lowest BCUT2D eigenvalue weighted by molar-refractivity contribution is -0.166. The second-order valence-electron chi connectivity index (χ2n) is 9.11. The van der Waals surface area contributed by atoms with E-state index in [-0.39, 0.29) is 28.5 Å². The van der Waals surface area contributed by atoms with Crippen LogP contribution in [0.1, 0.15) is 59.3 Å². The van der Waals surface area contributed by atoms with Crippen molar-refractivity contribution in [1.29, 1.82) is 0 Å². The van der Waals surface area contributed by atoms with Crippen LogP contribution in [0.3, 0.4) is 0 Å². The molecule has 3 saturated carbocycles. The quantitative estimate of drug-likeness (QED) is 0.683. The van der Waals surface area contributed by atoms with Crippen LogP contribution >= 0.6 is 0 Å². The smallest absolute Gasteiger partial charge is 0.303 e. The second-order valence-corrected chi connectivity index (χ2v) is 9.11. The van der Waals surface area contributed by atoms with Crippen LogP contribution in [-0.2, 0) is 19.1 Å². The Morgan fingerprint density at radius 2 is 1.84 bits per heavy atom. The summed E-state index contributed by atoms with van der Waals surface area (Å²) in [7, 11) is 0. The van der Waals surface area contributed by atoms with Crippen molar-refractivity contribution in [2.75, 3.05) is 0 Å². The largest absolute Gasteiger partial charge is 0.454 e. The zero-order valence-electron chi connectivity index (χ0n) is 15.4. The molecule has 0 N–H and O–H groups in total. The number of allylic oxidation sites excluding steroid dienone is 1. The number of rotatable bonds is 1. The van der Waals surface area contributed by atoms with Crippen LogP contribution in [0.25, 0.3) is 0 Å². The summed E-state index contributed by atoms with van der Waals surface area (Å²) in [6.45, 7) is 5.80. The Kier molecular flexibility index (Phi) is 3.75. The minimum absolute atomic E-state index is 0.0663. The molecule has 136 valence electrons. The number of esters is 1. The van der Waals surface area contributed by atoms with Gasteiger partial charge in [-0.1, -0.05) is 19.9 Å². The molecular formula is C21H28O4. The van der Waals surface area contributed by atoms with Gasteiger partial charge < -0.3 is 4.74 Å². The number of fused-ring (bicyclic) bond motifs is 5. The topological polar surface area (TPSA) is 60.4 Å². The molecule has 0 aromatic rings. The van der Waals surface area contributed by atoms with E-state index >= 15 is 0 Å². The molecule has 0 aliphatic heterocycles. The number of hydrogen-bond donors (Lipinski definition) is 0. The van der Waals surface area contributed by atoms with Gasteiger partial charge in [-0.2, -0.15) is 0 Å². The first-order chi connectivity index (χ1) is 11.8. The Morgan fingerprint density at radius 3 is 2.56 bits per heavy atom. The van der Waals surface area contributed by atoms with E-state index in [1.165, 1.54) is 6.92 Å².